The Balaban J connectivity index is 2.06. The first-order valence-corrected chi connectivity index (χ1v) is 6.60. The molecule has 1 saturated carbocycles. The van der Waals surface area contributed by atoms with E-state index in [4.69, 9.17) is 0 Å². The molecule has 1 N–H and O–H groups in total. The molecule has 1 amide bonds. The number of hydrogen-bond donors (Lipinski definition) is 1. The minimum atomic E-state index is -0.991. The zero-order chi connectivity index (χ0) is 15.4. The molecule has 2 rings (SSSR count). The summed E-state index contributed by atoms with van der Waals surface area (Å²) >= 11 is 0. The number of nitrogens with zero attached hydrogens (tertiary/aromatic N) is 2. The normalized spacial score (nSPS) is 25.0. The molecule has 1 fully saturated rings. The summed E-state index contributed by atoms with van der Waals surface area (Å²) in [6.45, 7) is 0. The summed E-state index contributed by atoms with van der Waals surface area (Å²) in [6, 6.07) is 5.87. The maximum atomic E-state index is 12.0. The zero-order valence-electron chi connectivity index (χ0n) is 11.2. The summed E-state index contributed by atoms with van der Waals surface area (Å²) in [6.07, 6.45) is 0.156. The number of carbonyl (C=O) groups is 1. The van der Waals surface area contributed by atoms with E-state index >= 15 is 0 Å². The summed E-state index contributed by atoms with van der Waals surface area (Å²) in [5, 5.41) is 24.4. The standard InChI is InChI=1S/C13H15N3O5/c17-13(9-4-2-1-3-5-9)14-10-6-11(15(18)19)8-12(7-10)16(20)21/h1-5,10-12H,6-8H2,(H,14,17). The van der Waals surface area contributed by atoms with Crippen molar-refractivity contribution >= 4 is 5.91 Å². The molecular formula is C13H15N3O5. The lowest BCUT2D eigenvalue weighted by Crippen LogP contribution is -2.48. The quantitative estimate of drug-likeness (QED) is 0.662. The van der Waals surface area contributed by atoms with Crippen molar-refractivity contribution in [1.29, 1.82) is 0 Å². The lowest BCUT2D eigenvalue weighted by Gasteiger charge is -2.27. The van der Waals surface area contributed by atoms with Gasteiger partial charge in [-0.25, -0.2) is 0 Å². The van der Waals surface area contributed by atoms with Crippen LogP contribution in [-0.2, 0) is 0 Å². The van der Waals surface area contributed by atoms with Crippen LogP contribution in [0.3, 0.4) is 0 Å². The second-order valence-electron chi connectivity index (χ2n) is 5.12. The molecular weight excluding hydrogens is 278 g/mol. The first-order chi connectivity index (χ1) is 9.97. The van der Waals surface area contributed by atoms with Gasteiger partial charge in [0.25, 0.3) is 5.91 Å². The molecule has 8 heteroatoms. The van der Waals surface area contributed by atoms with Gasteiger partial charge in [0.1, 0.15) is 0 Å². The van der Waals surface area contributed by atoms with E-state index in [0.29, 0.717) is 5.56 Å². The van der Waals surface area contributed by atoms with Crippen molar-refractivity contribution in [3.05, 3.63) is 56.1 Å². The number of benzene rings is 1. The topological polar surface area (TPSA) is 115 Å². The zero-order valence-corrected chi connectivity index (χ0v) is 11.2. The monoisotopic (exact) mass is 293 g/mol. The average Bonchev–Trinajstić information content (AvgIpc) is 2.47. The van der Waals surface area contributed by atoms with Crippen molar-refractivity contribution in [3.8, 4) is 0 Å². The van der Waals surface area contributed by atoms with E-state index in [0.717, 1.165) is 0 Å². The lowest BCUT2D eigenvalue weighted by atomic mass is 9.87. The minimum absolute atomic E-state index is 0.0856. The highest BCUT2D eigenvalue weighted by Crippen LogP contribution is 2.23. The third-order valence-corrected chi connectivity index (χ3v) is 3.62. The molecule has 0 heterocycles. The van der Waals surface area contributed by atoms with Gasteiger partial charge in [-0.3, -0.25) is 25.0 Å². The van der Waals surface area contributed by atoms with E-state index in [9.17, 15) is 25.0 Å². The van der Waals surface area contributed by atoms with Crippen molar-refractivity contribution in [3.63, 3.8) is 0 Å². The van der Waals surface area contributed by atoms with Gasteiger partial charge in [0.15, 0.2) is 0 Å². The average molecular weight is 293 g/mol. The van der Waals surface area contributed by atoms with Crippen LogP contribution >= 0.6 is 0 Å². The Morgan fingerprint density at radius 3 is 2.00 bits per heavy atom. The molecule has 0 saturated heterocycles. The van der Waals surface area contributed by atoms with E-state index in [2.05, 4.69) is 5.32 Å². The van der Waals surface area contributed by atoms with Gasteiger partial charge in [0.2, 0.25) is 12.1 Å². The number of nitrogens with one attached hydrogen (secondary N) is 1. The third kappa shape index (κ3) is 3.74. The lowest BCUT2D eigenvalue weighted by molar-refractivity contribution is -0.568. The molecule has 2 atom stereocenters. The fourth-order valence-electron chi connectivity index (χ4n) is 2.58. The highest BCUT2D eigenvalue weighted by Gasteiger charge is 2.41. The van der Waals surface area contributed by atoms with Crippen LogP contribution in [0.15, 0.2) is 30.3 Å². The molecule has 8 nitrogen and oxygen atoms in total. The van der Waals surface area contributed by atoms with Crippen molar-refractivity contribution in [2.24, 2.45) is 0 Å². The molecule has 0 radical (unpaired) electrons. The van der Waals surface area contributed by atoms with Crippen molar-refractivity contribution < 1.29 is 14.6 Å². The number of rotatable bonds is 4. The Bertz CT molecular complexity index is 526. The van der Waals surface area contributed by atoms with Crippen LogP contribution in [0, 0.1) is 20.2 Å². The number of hydrogen-bond acceptors (Lipinski definition) is 5. The Morgan fingerprint density at radius 2 is 1.52 bits per heavy atom. The van der Waals surface area contributed by atoms with E-state index < -0.39 is 28.0 Å². The Kier molecular flexibility index (Phi) is 4.46. The maximum Gasteiger partial charge on any atom is 0.251 e. The predicted octanol–water partition coefficient (Wildman–Crippen LogP) is 1.26. The van der Waals surface area contributed by atoms with Crippen LogP contribution in [0.5, 0.6) is 0 Å². The van der Waals surface area contributed by atoms with Crippen LogP contribution in [0.1, 0.15) is 29.6 Å². The Hall–Kier alpha value is -2.51. The van der Waals surface area contributed by atoms with E-state index in [-0.39, 0.29) is 25.2 Å². The Morgan fingerprint density at radius 1 is 1.00 bits per heavy atom. The van der Waals surface area contributed by atoms with Crippen LogP contribution in [-0.4, -0.2) is 33.9 Å². The van der Waals surface area contributed by atoms with E-state index in [1.54, 1.807) is 30.3 Å². The molecule has 21 heavy (non-hydrogen) atoms. The van der Waals surface area contributed by atoms with Crippen molar-refractivity contribution in [1.82, 2.24) is 5.32 Å². The number of carbonyl (C=O) groups excluding carboxylic acids is 1. The molecule has 2 unspecified atom stereocenters. The van der Waals surface area contributed by atoms with Crippen LogP contribution in [0.4, 0.5) is 0 Å². The first-order valence-electron chi connectivity index (χ1n) is 6.60. The molecule has 0 aromatic heterocycles. The highest BCUT2D eigenvalue weighted by molar-refractivity contribution is 5.94. The summed E-state index contributed by atoms with van der Waals surface area (Å²) < 4.78 is 0. The fourth-order valence-corrected chi connectivity index (χ4v) is 2.58. The summed E-state index contributed by atoms with van der Waals surface area (Å²) in [7, 11) is 0. The highest BCUT2D eigenvalue weighted by atomic mass is 16.6. The van der Waals surface area contributed by atoms with Gasteiger partial charge >= 0.3 is 0 Å². The minimum Gasteiger partial charge on any atom is -0.349 e. The van der Waals surface area contributed by atoms with Gasteiger partial charge in [0.05, 0.1) is 6.42 Å². The number of nitro groups is 2. The molecule has 1 aromatic rings. The van der Waals surface area contributed by atoms with Gasteiger partial charge in [-0.1, -0.05) is 18.2 Å². The van der Waals surface area contributed by atoms with Gasteiger partial charge in [-0.15, -0.1) is 0 Å². The number of amides is 1. The third-order valence-electron chi connectivity index (χ3n) is 3.62. The van der Waals surface area contributed by atoms with Gasteiger partial charge in [0, 0.05) is 34.3 Å². The van der Waals surface area contributed by atoms with Gasteiger partial charge in [-0.2, -0.15) is 0 Å². The SMILES string of the molecule is O=C(NC1CC([N+](=O)[O-])CC([N+](=O)[O-])C1)c1ccccc1. The van der Waals surface area contributed by atoms with Crippen LogP contribution < -0.4 is 5.32 Å². The smallest absolute Gasteiger partial charge is 0.251 e. The van der Waals surface area contributed by atoms with Crippen molar-refractivity contribution in [2.45, 2.75) is 37.4 Å². The van der Waals surface area contributed by atoms with E-state index in [1.165, 1.54) is 0 Å². The summed E-state index contributed by atoms with van der Waals surface area (Å²) in [5.74, 6) is -0.369. The second kappa shape index (κ2) is 6.29. The maximum absolute atomic E-state index is 12.0. The van der Waals surface area contributed by atoms with Gasteiger partial charge in [-0.05, 0) is 12.1 Å². The Labute approximate surface area is 120 Å². The molecule has 0 bridgehead atoms. The second-order valence-corrected chi connectivity index (χ2v) is 5.12. The van der Waals surface area contributed by atoms with Crippen LogP contribution in [0.25, 0.3) is 0 Å². The van der Waals surface area contributed by atoms with E-state index in [1.807, 2.05) is 0 Å². The van der Waals surface area contributed by atoms with Crippen molar-refractivity contribution in [2.75, 3.05) is 0 Å². The molecule has 1 aromatic carbocycles. The predicted molar refractivity (Wildman–Crippen MR) is 73.1 cm³/mol. The first kappa shape index (κ1) is 14.9. The molecule has 0 aliphatic heterocycles. The largest absolute Gasteiger partial charge is 0.349 e. The summed E-state index contributed by atoms with van der Waals surface area (Å²) in [4.78, 5) is 32.8. The molecule has 112 valence electrons. The van der Waals surface area contributed by atoms with Gasteiger partial charge < -0.3 is 5.32 Å². The molecule has 0 spiro atoms. The fraction of sp³-hybridized carbons (Fsp3) is 0.462. The summed E-state index contributed by atoms with van der Waals surface area (Å²) in [5.41, 5.74) is 0.429. The molecule has 1 aliphatic carbocycles. The van der Waals surface area contributed by atoms with Crippen LogP contribution in [0.2, 0.25) is 0 Å². The molecule has 1 aliphatic rings.